The Morgan fingerprint density at radius 3 is 0.895 bits per heavy atom. The van der Waals surface area contributed by atoms with Gasteiger partial charge >= 0.3 is 24.7 Å². The van der Waals surface area contributed by atoms with Gasteiger partial charge in [0.25, 0.3) is 23.6 Å². The van der Waals surface area contributed by atoms with E-state index in [4.69, 9.17) is 102 Å². The van der Waals surface area contributed by atoms with Crippen LogP contribution in [0.3, 0.4) is 0 Å². The largest absolute Gasteiger partial charge is 0.416 e. The number of hydrogen-bond acceptors (Lipinski definition) is 10. The van der Waals surface area contributed by atoms with E-state index in [0.29, 0.717) is 225 Å². The minimum atomic E-state index is -4.46. The molecular weight excluding hydrogens is 1920 g/mol. The number of aromatic nitrogens is 8. The molecule has 710 valence electrons. The number of halogens is 20. The number of ether oxygens (including phenoxy) is 2. The summed E-state index contributed by atoms with van der Waals surface area (Å²) >= 11 is 52.3. The van der Waals surface area contributed by atoms with Gasteiger partial charge in [-0.2, -0.15) is 52.7 Å². The number of carbonyl (C=O) groups is 4. The van der Waals surface area contributed by atoms with Gasteiger partial charge in [0.05, 0.1) is 121 Å². The van der Waals surface area contributed by atoms with E-state index in [9.17, 15) is 71.9 Å². The first-order chi connectivity index (χ1) is 62.5. The van der Waals surface area contributed by atoms with Gasteiger partial charge in [-0.3, -0.25) is 19.2 Å². The molecule has 4 aromatic heterocycles. The molecule has 4 unspecified atom stereocenters. The number of rotatable bonds is 17. The highest BCUT2D eigenvalue weighted by Gasteiger charge is 2.39. The van der Waals surface area contributed by atoms with E-state index >= 15 is 0 Å². The lowest BCUT2D eigenvalue weighted by molar-refractivity contribution is -0.138. The summed E-state index contributed by atoms with van der Waals surface area (Å²) in [5.41, 5.74) is 5.69. The maximum Gasteiger partial charge on any atom is 0.416 e. The number of amides is 4. The van der Waals surface area contributed by atoms with Gasteiger partial charge in [-0.05, 0) is 213 Å². The molecule has 0 N–H and O–H groups in total. The van der Waals surface area contributed by atoms with Crippen LogP contribution in [0.15, 0.2) is 97.1 Å². The molecule has 38 heteroatoms. The summed E-state index contributed by atoms with van der Waals surface area (Å²) in [6.07, 6.45) is -11.4. The Balaban J connectivity index is 0.000000151. The monoisotopic (exact) mass is 2010 g/mol. The van der Waals surface area contributed by atoms with Crippen molar-refractivity contribution in [2.45, 2.75) is 137 Å². The fourth-order valence-electron chi connectivity index (χ4n) is 17.6. The summed E-state index contributed by atoms with van der Waals surface area (Å²) in [5, 5.41) is 2.43. The van der Waals surface area contributed by atoms with E-state index in [-0.39, 0.29) is 81.4 Å². The molecule has 8 heterocycles. The van der Waals surface area contributed by atoms with Gasteiger partial charge in [-0.25, -0.2) is 19.9 Å². The van der Waals surface area contributed by atoms with E-state index in [2.05, 4.69) is 33.8 Å². The summed E-state index contributed by atoms with van der Waals surface area (Å²) in [5.74, 6) is 2.55. The highest BCUT2D eigenvalue weighted by Crippen LogP contribution is 2.44. The highest BCUT2D eigenvalue weighted by molar-refractivity contribution is 6.40. The smallest absolute Gasteiger partial charge is 0.384 e. The molecule has 8 aromatic carbocycles. The first-order valence-corrected chi connectivity index (χ1v) is 45.7. The third-order valence-corrected chi connectivity index (χ3v) is 28.3. The molecule has 4 aliphatic heterocycles. The zero-order chi connectivity index (χ0) is 97.0. The third-order valence-electron chi connectivity index (χ3n) is 25.1. The predicted molar refractivity (Wildman–Crippen MR) is 495 cm³/mol. The molecule has 4 atom stereocenters. The van der Waals surface area contributed by atoms with Crippen molar-refractivity contribution in [2.75, 3.05) is 73.2 Å². The Morgan fingerprint density at radius 1 is 0.376 bits per heavy atom. The Bertz CT molecular complexity index is 6310. The minimum absolute atomic E-state index is 0.00989. The molecule has 0 radical (unpaired) electrons. The zero-order valence-corrected chi connectivity index (χ0v) is 80.4. The number of aryl methyl sites for hydroxylation is 8. The van der Waals surface area contributed by atoms with Crippen LogP contribution in [0, 0.1) is 45.4 Å². The first-order valence-electron chi connectivity index (χ1n) is 42.7. The lowest BCUT2D eigenvalue weighted by atomic mass is 10.0. The van der Waals surface area contributed by atoms with Gasteiger partial charge in [-0.1, -0.05) is 113 Å². The maximum atomic E-state index is 13.3. The lowest BCUT2D eigenvalue weighted by Gasteiger charge is -2.19. The van der Waals surface area contributed by atoms with Crippen LogP contribution in [0.4, 0.5) is 52.7 Å². The fourth-order valence-corrected chi connectivity index (χ4v) is 19.9. The SMILES string of the molecule is CCCC1CCN(C(=O)c2ccc(Cl)c(Cc3nc4c(C)cc(C(F)(F)F)cc4n3C)c2Cl)C1.COC1CCN(C(=O)c2ccc(Cl)c(Cc3nc4c(C)cc(C(F)(F)F)cc4n3C)c2Cl)C1.COCC1CCN(C(=O)c2ccc(Cl)c(Cc3nc4c(C)cc(C(F)(F)F)cc4n3C)c2Cl)C1.Cc1cc(C(F)(F)F)cc2c1nc(Cc1c(Cl)ccc(C(=O)N3CCC(C)C3)c1Cl)n2C. The van der Waals surface area contributed by atoms with Crippen molar-refractivity contribution in [1.82, 2.24) is 57.8 Å². The molecule has 0 saturated carbocycles. The van der Waals surface area contributed by atoms with Gasteiger partial charge in [0.1, 0.15) is 23.3 Å². The number of benzene rings is 8. The molecule has 133 heavy (non-hydrogen) atoms. The van der Waals surface area contributed by atoms with Crippen LogP contribution in [0.25, 0.3) is 44.1 Å². The number of methoxy groups -OCH3 is 2. The Kier molecular flexibility index (Phi) is 31.0. The third kappa shape index (κ3) is 21.8. The number of imidazole rings is 4. The maximum absolute atomic E-state index is 13.3. The van der Waals surface area contributed by atoms with Crippen LogP contribution >= 0.6 is 92.8 Å². The average molecular weight is 2010 g/mol. The molecule has 0 aliphatic carbocycles. The van der Waals surface area contributed by atoms with E-state index in [1.54, 1.807) is 152 Å². The topological polar surface area (TPSA) is 171 Å². The molecule has 4 fully saturated rings. The predicted octanol–water partition coefficient (Wildman–Crippen LogP) is 24.9. The molecular formula is C95H94Cl8F12N12O6. The van der Waals surface area contributed by atoms with Crippen molar-refractivity contribution < 1.29 is 81.3 Å². The van der Waals surface area contributed by atoms with Crippen LogP contribution in [-0.2, 0) is 88.1 Å². The summed E-state index contributed by atoms with van der Waals surface area (Å²) in [4.78, 5) is 77.7. The quantitative estimate of drug-likeness (QED) is 0.0799. The van der Waals surface area contributed by atoms with E-state index < -0.39 is 47.0 Å². The fraction of sp³-hybridized carbons (Fsp3) is 0.411. The van der Waals surface area contributed by atoms with E-state index in [1.165, 1.54) is 0 Å². The van der Waals surface area contributed by atoms with Crippen LogP contribution < -0.4 is 0 Å². The Hall–Kier alpha value is -9.08. The van der Waals surface area contributed by atoms with Crippen molar-refractivity contribution >= 4 is 161 Å². The molecule has 4 saturated heterocycles. The van der Waals surface area contributed by atoms with E-state index in [1.807, 2.05) is 4.90 Å². The van der Waals surface area contributed by atoms with Crippen LogP contribution in [-0.4, -0.2) is 161 Å². The van der Waals surface area contributed by atoms with Crippen molar-refractivity contribution in [2.24, 2.45) is 45.9 Å². The number of likely N-dealkylation sites (tertiary alicyclic amines) is 4. The van der Waals surface area contributed by atoms with Gasteiger partial charge in [0, 0.05) is 146 Å². The molecule has 0 bridgehead atoms. The van der Waals surface area contributed by atoms with Crippen LogP contribution in [0.2, 0.25) is 40.2 Å². The van der Waals surface area contributed by atoms with Crippen LogP contribution in [0.1, 0.15) is 184 Å². The molecule has 16 rings (SSSR count). The molecule has 4 amide bonds. The highest BCUT2D eigenvalue weighted by atomic mass is 35.5. The summed E-state index contributed by atoms with van der Waals surface area (Å²) < 4.78 is 176. The number of alkyl halides is 12. The van der Waals surface area contributed by atoms with E-state index in [0.717, 1.165) is 87.1 Å². The summed E-state index contributed by atoms with van der Waals surface area (Å²) in [6, 6.07) is 21.7. The van der Waals surface area contributed by atoms with Crippen LogP contribution in [0.5, 0.6) is 0 Å². The van der Waals surface area contributed by atoms with Crippen molar-refractivity contribution in [1.29, 1.82) is 0 Å². The summed E-state index contributed by atoms with van der Waals surface area (Å²) in [7, 11) is 9.88. The number of hydrogen-bond donors (Lipinski definition) is 0. The van der Waals surface area contributed by atoms with Gasteiger partial charge in [0.2, 0.25) is 0 Å². The van der Waals surface area contributed by atoms with Gasteiger partial charge in [-0.15, -0.1) is 0 Å². The standard InChI is InChI=1S/C25H26Cl2F3N3O.C24H24Cl2F3N3O2.C23H22Cl2F3N3O2.C23H22Cl2F3N3O/c1-4-5-15-8-9-33(13-15)24(34)17-6-7-19(26)18(22(17)27)12-21-31-23-14(2)10-16(25(28,29)30)11-20(23)32(21)3;1-13-8-15(24(27,28)29)9-19-22(13)30-20(31(19)2)10-17-18(25)5-4-16(21(17)26)23(33)32-7-6-14(11-32)12-34-3;1-12-8-13(23(26,27)28)9-18-21(12)29-19(30(18)2)10-16-17(24)5-4-15(20(16)25)22(32)31-7-6-14(11-31)33-3;1-12-6-7-31(11-12)22(32)15-4-5-17(24)16(20(15)25)10-19-29-21-13(2)8-14(23(26,27)28)9-18(21)30(19)3/h6-7,10-11,15H,4-5,8-9,12-13H2,1-3H3;4-5,8-9,14H,6-7,10-12H2,1-3H3;4-5,8-9,14H,6-7,10-11H2,1-3H3;4-5,8-9,12H,6-7,10-11H2,1-3H3. The van der Waals surface area contributed by atoms with Gasteiger partial charge < -0.3 is 47.3 Å². The number of nitrogens with zero attached hydrogens (tertiary/aromatic N) is 12. The first kappa shape index (κ1) is 101. The second kappa shape index (κ2) is 40.7. The molecule has 4 aliphatic rings. The second-order valence-electron chi connectivity index (χ2n) is 34.3. The molecule has 18 nitrogen and oxygen atoms in total. The van der Waals surface area contributed by atoms with Crippen molar-refractivity contribution in [3.8, 4) is 0 Å². The molecule has 0 spiro atoms. The van der Waals surface area contributed by atoms with Crippen molar-refractivity contribution in [3.63, 3.8) is 0 Å². The number of carbonyl (C=O) groups excluding carboxylic acids is 4. The van der Waals surface area contributed by atoms with Gasteiger partial charge in [0.15, 0.2) is 0 Å². The Labute approximate surface area is 799 Å². The Morgan fingerprint density at radius 2 is 0.639 bits per heavy atom. The summed E-state index contributed by atoms with van der Waals surface area (Å²) in [6.45, 7) is 16.3. The minimum Gasteiger partial charge on any atom is -0.384 e. The normalized spacial score (nSPS) is 16.7. The number of fused-ring (bicyclic) bond motifs is 4. The second-order valence-corrected chi connectivity index (χ2v) is 37.5. The lowest BCUT2D eigenvalue weighted by Crippen LogP contribution is -2.30. The van der Waals surface area contributed by atoms with Crippen molar-refractivity contribution in [3.05, 3.63) is 250 Å². The molecule has 12 aromatic rings. The average Bonchev–Trinajstić information content (AvgIpc) is 1.62. The zero-order valence-electron chi connectivity index (χ0n) is 74.4.